The summed E-state index contributed by atoms with van der Waals surface area (Å²) in [6, 6.07) is 5.62. The third-order valence-electron chi connectivity index (χ3n) is 3.40. The largest absolute Gasteiger partial charge is 0.465 e. The van der Waals surface area contributed by atoms with Crippen molar-refractivity contribution >= 4 is 40.4 Å². The number of carbonyl (C=O) groups excluding carboxylic acids is 2. The molecular formula is C17H11F3N2O4S. The van der Waals surface area contributed by atoms with Crippen LogP contribution in [-0.2, 0) is 9.53 Å². The highest BCUT2D eigenvalue weighted by molar-refractivity contribution is 7.99. The number of amides is 1. The van der Waals surface area contributed by atoms with E-state index in [1.807, 2.05) is 5.32 Å². The lowest BCUT2D eigenvalue weighted by Gasteiger charge is -2.06. The first-order valence-electron chi connectivity index (χ1n) is 7.44. The summed E-state index contributed by atoms with van der Waals surface area (Å²) < 4.78 is 50.1. The molecule has 1 amide bonds. The quantitative estimate of drug-likeness (QED) is 0.522. The summed E-state index contributed by atoms with van der Waals surface area (Å²) in [5.41, 5.74) is 0.0149. The molecule has 0 saturated heterocycles. The standard InChI is InChI=1S/C17H11F3N2O4S/c1-25-16(24)9-3-2-4-12-15(9)26-17(21-12)27-7-13(23)22-14-10(19)5-8(18)6-11(14)20/h2-6H,7H2,1H3,(H,22,23). The molecule has 1 aromatic heterocycles. The lowest BCUT2D eigenvalue weighted by molar-refractivity contribution is -0.113. The topological polar surface area (TPSA) is 81.4 Å². The second-order valence-electron chi connectivity index (χ2n) is 5.21. The van der Waals surface area contributed by atoms with Gasteiger partial charge in [-0.15, -0.1) is 0 Å². The Balaban J connectivity index is 1.72. The molecule has 0 aliphatic rings. The van der Waals surface area contributed by atoms with Gasteiger partial charge in [0.25, 0.3) is 5.22 Å². The number of anilines is 1. The van der Waals surface area contributed by atoms with Crippen LogP contribution in [0, 0.1) is 17.5 Å². The van der Waals surface area contributed by atoms with E-state index < -0.39 is 35.0 Å². The van der Waals surface area contributed by atoms with Crippen LogP contribution >= 0.6 is 11.8 Å². The van der Waals surface area contributed by atoms with Crippen LogP contribution < -0.4 is 5.32 Å². The molecule has 0 aliphatic carbocycles. The number of esters is 1. The zero-order valence-electron chi connectivity index (χ0n) is 13.7. The smallest absolute Gasteiger partial charge is 0.341 e. The first kappa shape index (κ1) is 18.8. The number of nitrogens with zero attached hydrogens (tertiary/aromatic N) is 1. The monoisotopic (exact) mass is 396 g/mol. The number of hydrogen-bond acceptors (Lipinski definition) is 6. The first-order valence-corrected chi connectivity index (χ1v) is 8.42. The minimum absolute atomic E-state index is 0.0801. The molecule has 27 heavy (non-hydrogen) atoms. The summed E-state index contributed by atoms with van der Waals surface area (Å²) >= 11 is 0.855. The zero-order chi connectivity index (χ0) is 19.6. The van der Waals surface area contributed by atoms with Gasteiger partial charge in [0, 0.05) is 12.1 Å². The maximum atomic E-state index is 13.6. The molecule has 0 bridgehead atoms. The Bertz CT molecular complexity index is 1020. The molecule has 2 aromatic carbocycles. The number of rotatable bonds is 5. The van der Waals surface area contributed by atoms with E-state index in [1.54, 1.807) is 12.1 Å². The lowest BCUT2D eigenvalue weighted by atomic mass is 10.2. The summed E-state index contributed by atoms with van der Waals surface area (Å²) in [4.78, 5) is 27.8. The molecule has 1 N–H and O–H groups in total. The predicted octanol–water partition coefficient (Wildman–Crippen LogP) is 3.76. The SMILES string of the molecule is COC(=O)c1cccc2nc(SCC(=O)Nc3c(F)cc(F)cc3F)oc12. The van der Waals surface area contributed by atoms with Gasteiger partial charge in [-0.1, -0.05) is 17.8 Å². The Kier molecular flexibility index (Phi) is 5.36. The van der Waals surface area contributed by atoms with E-state index in [9.17, 15) is 22.8 Å². The maximum Gasteiger partial charge on any atom is 0.341 e. The number of nitrogens with one attached hydrogen (secondary N) is 1. The van der Waals surface area contributed by atoms with Gasteiger partial charge < -0.3 is 14.5 Å². The normalized spacial score (nSPS) is 10.8. The number of hydrogen-bond donors (Lipinski definition) is 1. The van der Waals surface area contributed by atoms with Crippen LogP contribution in [0.5, 0.6) is 0 Å². The number of thioether (sulfide) groups is 1. The van der Waals surface area contributed by atoms with Gasteiger partial charge in [-0.3, -0.25) is 4.79 Å². The number of fused-ring (bicyclic) bond motifs is 1. The molecule has 0 unspecified atom stereocenters. The summed E-state index contributed by atoms with van der Waals surface area (Å²) in [5.74, 6) is -5.18. The van der Waals surface area contributed by atoms with Crippen LogP contribution in [0.25, 0.3) is 11.1 Å². The molecule has 6 nitrogen and oxygen atoms in total. The molecule has 0 radical (unpaired) electrons. The minimum atomic E-state index is -1.23. The number of halogens is 3. The molecule has 0 fully saturated rings. The van der Waals surface area contributed by atoms with Gasteiger partial charge in [0.2, 0.25) is 5.91 Å². The van der Waals surface area contributed by atoms with Crippen molar-refractivity contribution in [3.8, 4) is 0 Å². The third kappa shape index (κ3) is 4.05. The van der Waals surface area contributed by atoms with E-state index in [0.29, 0.717) is 17.6 Å². The number of carbonyl (C=O) groups is 2. The number of ether oxygens (including phenoxy) is 1. The highest BCUT2D eigenvalue weighted by atomic mass is 32.2. The fourth-order valence-corrected chi connectivity index (χ4v) is 2.86. The van der Waals surface area contributed by atoms with Gasteiger partial charge in [-0.05, 0) is 12.1 Å². The number of para-hydroxylation sites is 1. The summed E-state index contributed by atoms with van der Waals surface area (Å²) in [7, 11) is 1.23. The van der Waals surface area contributed by atoms with Gasteiger partial charge in [-0.25, -0.2) is 22.9 Å². The summed E-state index contributed by atoms with van der Waals surface area (Å²) in [6.07, 6.45) is 0. The van der Waals surface area contributed by atoms with Crippen LogP contribution in [0.1, 0.15) is 10.4 Å². The van der Waals surface area contributed by atoms with Crippen molar-refractivity contribution in [2.24, 2.45) is 0 Å². The number of aromatic nitrogens is 1. The van der Waals surface area contributed by atoms with Gasteiger partial charge in [0.1, 0.15) is 22.6 Å². The van der Waals surface area contributed by atoms with Crippen molar-refractivity contribution in [2.75, 3.05) is 18.2 Å². The van der Waals surface area contributed by atoms with Crippen molar-refractivity contribution in [3.63, 3.8) is 0 Å². The van der Waals surface area contributed by atoms with Crippen LogP contribution in [0.15, 0.2) is 40.0 Å². The Labute approximate surface area is 154 Å². The van der Waals surface area contributed by atoms with Crippen LogP contribution in [-0.4, -0.2) is 29.7 Å². The molecule has 0 aliphatic heterocycles. The van der Waals surface area contributed by atoms with Gasteiger partial charge in [0.05, 0.1) is 12.9 Å². The summed E-state index contributed by atoms with van der Waals surface area (Å²) in [5, 5.41) is 2.11. The average Bonchev–Trinajstić information content (AvgIpc) is 3.05. The Hall–Kier alpha value is -3.01. The Morgan fingerprint density at radius 3 is 2.59 bits per heavy atom. The molecule has 0 spiro atoms. The van der Waals surface area contributed by atoms with Gasteiger partial charge >= 0.3 is 5.97 Å². The predicted molar refractivity (Wildman–Crippen MR) is 91.0 cm³/mol. The van der Waals surface area contributed by atoms with Crippen molar-refractivity contribution in [1.82, 2.24) is 4.98 Å². The Morgan fingerprint density at radius 1 is 1.22 bits per heavy atom. The maximum absolute atomic E-state index is 13.6. The van der Waals surface area contributed by atoms with E-state index >= 15 is 0 Å². The average molecular weight is 396 g/mol. The fraction of sp³-hybridized carbons (Fsp3) is 0.118. The van der Waals surface area contributed by atoms with Crippen molar-refractivity contribution in [2.45, 2.75) is 5.22 Å². The molecule has 1 heterocycles. The lowest BCUT2D eigenvalue weighted by Crippen LogP contribution is -2.16. The van der Waals surface area contributed by atoms with E-state index in [-0.39, 0.29) is 22.1 Å². The molecular weight excluding hydrogens is 385 g/mol. The van der Waals surface area contributed by atoms with E-state index in [0.717, 1.165) is 11.8 Å². The molecule has 10 heteroatoms. The van der Waals surface area contributed by atoms with Gasteiger partial charge in [-0.2, -0.15) is 0 Å². The third-order valence-corrected chi connectivity index (χ3v) is 4.23. The molecule has 3 rings (SSSR count). The zero-order valence-corrected chi connectivity index (χ0v) is 14.5. The number of oxazole rings is 1. The highest BCUT2D eigenvalue weighted by Gasteiger charge is 2.18. The number of methoxy groups -OCH3 is 1. The molecule has 3 aromatic rings. The van der Waals surface area contributed by atoms with Crippen LogP contribution in [0.3, 0.4) is 0 Å². The molecule has 0 saturated carbocycles. The second-order valence-corrected chi connectivity index (χ2v) is 6.13. The molecule has 140 valence electrons. The van der Waals surface area contributed by atoms with Gasteiger partial charge in [0.15, 0.2) is 17.2 Å². The van der Waals surface area contributed by atoms with Crippen molar-refractivity contribution in [3.05, 3.63) is 53.3 Å². The van der Waals surface area contributed by atoms with Crippen LogP contribution in [0.2, 0.25) is 0 Å². The highest BCUT2D eigenvalue weighted by Crippen LogP contribution is 2.27. The minimum Gasteiger partial charge on any atom is -0.465 e. The summed E-state index contributed by atoms with van der Waals surface area (Å²) in [6.45, 7) is 0. The van der Waals surface area contributed by atoms with E-state index in [2.05, 4.69) is 9.72 Å². The number of benzene rings is 2. The van der Waals surface area contributed by atoms with Crippen LogP contribution in [0.4, 0.5) is 18.9 Å². The first-order chi connectivity index (χ1) is 12.9. The van der Waals surface area contributed by atoms with E-state index in [1.165, 1.54) is 13.2 Å². The van der Waals surface area contributed by atoms with Crippen molar-refractivity contribution in [1.29, 1.82) is 0 Å². The molecule has 0 atom stereocenters. The van der Waals surface area contributed by atoms with Crippen molar-refractivity contribution < 1.29 is 31.9 Å². The van der Waals surface area contributed by atoms with E-state index in [4.69, 9.17) is 4.42 Å². The Morgan fingerprint density at radius 2 is 1.93 bits per heavy atom. The fourth-order valence-electron chi connectivity index (χ4n) is 2.23. The second kappa shape index (κ2) is 7.70.